The predicted molar refractivity (Wildman–Crippen MR) is 114 cm³/mol. The summed E-state index contributed by atoms with van der Waals surface area (Å²) in [5.41, 5.74) is 3.53. The SMILES string of the molecule is COc1ccc(CN(C)C(=O)c2ccccc2N2CCOCC2)c2cccnc12. The van der Waals surface area contributed by atoms with Gasteiger partial charge in [-0.1, -0.05) is 24.3 Å². The lowest BCUT2D eigenvalue weighted by atomic mass is 10.1. The van der Waals surface area contributed by atoms with Gasteiger partial charge in [-0.2, -0.15) is 0 Å². The van der Waals surface area contributed by atoms with Crippen LogP contribution in [-0.2, 0) is 11.3 Å². The molecule has 1 aromatic heterocycles. The highest BCUT2D eigenvalue weighted by Crippen LogP contribution is 2.28. The van der Waals surface area contributed by atoms with Crippen molar-refractivity contribution >= 4 is 22.5 Å². The van der Waals surface area contributed by atoms with E-state index in [0.717, 1.165) is 41.0 Å². The summed E-state index contributed by atoms with van der Waals surface area (Å²) < 4.78 is 10.9. The van der Waals surface area contributed by atoms with Gasteiger partial charge in [0.1, 0.15) is 11.3 Å². The maximum Gasteiger partial charge on any atom is 0.256 e. The number of methoxy groups -OCH3 is 1. The van der Waals surface area contributed by atoms with Crippen molar-refractivity contribution in [3.05, 3.63) is 65.9 Å². The van der Waals surface area contributed by atoms with Crippen molar-refractivity contribution in [2.75, 3.05) is 45.4 Å². The van der Waals surface area contributed by atoms with Crippen LogP contribution in [0.5, 0.6) is 5.75 Å². The topological polar surface area (TPSA) is 54.9 Å². The molecule has 6 nitrogen and oxygen atoms in total. The van der Waals surface area contributed by atoms with Gasteiger partial charge < -0.3 is 19.3 Å². The fourth-order valence-corrected chi connectivity index (χ4v) is 3.78. The molecule has 0 saturated carbocycles. The molecule has 1 amide bonds. The van der Waals surface area contributed by atoms with Crippen molar-refractivity contribution in [1.29, 1.82) is 0 Å². The lowest BCUT2D eigenvalue weighted by molar-refractivity contribution is 0.0785. The van der Waals surface area contributed by atoms with Gasteiger partial charge in [-0.15, -0.1) is 0 Å². The van der Waals surface area contributed by atoms with Gasteiger partial charge in [0.2, 0.25) is 0 Å². The molecule has 0 radical (unpaired) electrons. The zero-order chi connectivity index (χ0) is 20.2. The van der Waals surface area contributed by atoms with Crippen molar-refractivity contribution in [2.24, 2.45) is 0 Å². The molecule has 0 N–H and O–H groups in total. The van der Waals surface area contributed by atoms with E-state index in [9.17, 15) is 4.79 Å². The molecular weight excluding hydrogens is 366 g/mol. The Bertz CT molecular complexity index is 1020. The van der Waals surface area contributed by atoms with Crippen LogP contribution in [0, 0.1) is 0 Å². The summed E-state index contributed by atoms with van der Waals surface area (Å²) >= 11 is 0. The molecule has 3 aromatic rings. The van der Waals surface area contributed by atoms with Crippen LogP contribution in [-0.4, -0.2) is 56.3 Å². The Morgan fingerprint density at radius 2 is 1.93 bits per heavy atom. The molecule has 150 valence electrons. The molecule has 2 aromatic carbocycles. The van der Waals surface area contributed by atoms with Crippen molar-refractivity contribution in [1.82, 2.24) is 9.88 Å². The molecule has 6 heteroatoms. The zero-order valence-corrected chi connectivity index (χ0v) is 16.8. The number of carbonyl (C=O) groups is 1. The summed E-state index contributed by atoms with van der Waals surface area (Å²) in [6.45, 7) is 3.44. The molecule has 1 saturated heterocycles. The maximum absolute atomic E-state index is 13.3. The van der Waals surface area contributed by atoms with Crippen LogP contribution in [0.1, 0.15) is 15.9 Å². The summed E-state index contributed by atoms with van der Waals surface area (Å²) in [4.78, 5) is 21.7. The van der Waals surface area contributed by atoms with Crippen LogP contribution in [0.2, 0.25) is 0 Å². The third-order valence-corrected chi connectivity index (χ3v) is 5.28. The number of fused-ring (bicyclic) bond motifs is 1. The van der Waals surface area contributed by atoms with E-state index in [1.165, 1.54) is 0 Å². The summed E-state index contributed by atoms with van der Waals surface area (Å²) in [5, 5.41) is 0.993. The fourth-order valence-electron chi connectivity index (χ4n) is 3.78. The van der Waals surface area contributed by atoms with E-state index in [0.29, 0.717) is 25.3 Å². The highest BCUT2D eigenvalue weighted by atomic mass is 16.5. The van der Waals surface area contributed by atoms with Crippen molar-refractivity contribution in [2.45, 2.75) is 6.54 Å². The average molecular weight is 391 g/mol. The van der Waals surface area contributed by atoms with E-state index in [4.69, 9.17) is 9.47 Å². The Morgan fingerprint density at radius 3 is 2.72 bits per heavy atom. The Kier molecular flexibility index (Phi) is 5.62. The van der Waals surface area contributed by atoms with E-state index >= 15 is 0 Å². The first kappa shape index (κ1) is 19.2. The van der Waals surface area contributed by atoms with Crippen molar-refractivity contribution in [3.8, 4) is 5.75 Å². The molecule has 0 bridgehead atoms. The fraction of sp³-hybridized carbons (Fsp3) is 0.304. The van der Waals surface area contributed by atoms with Crippen molar-refractivity contribution in [3.63, 3.8) is 0 Å². The lowest BCUT2D eigenvalue weighted by Crippen LogP contribution is -2.38. The largest absolute Gasteiger partial charge is 0.494 e. The molecule has 1 aliphatic heterocycles. The second-order valence-electron chi connectivity index (χ2n) is 7.10. The highest BCUT2D eigenvalue weighted by Gasteiger charge is 2.21. The van der Waals surface area contributed by atoms with E-state index in [1.807, 2.05) is 55.6 Å². The molecule has 0 atom stereocenters. The molecule has 0 unspecified atom stereocenters. The Morgan fingerprint density at radius 1 is 1.14 bits per heavy atom. The number of amides is 1. The number of carbonyl (C=O) groups excluding carboxylic acids is 1. The summed E-state index contributed by atoms with van der Waals surface area (Å²) in [6, 6.07) is 15.6. The minimum Gasteiger partial charge on any atom is -0.494 e. The first-order chi connectivity index (χ1) is 14.2. The number of benzene rings is 2. The van der Waals surface area contributed by atoms with Gasteiger partial charge in [-0.05, 0) is 29.8 Å². The maximum atomic E-state index is 13.3. The standard InChI is InChI=1S/C23H25N3O3/c1-25(16-17-9-10-21(28-2)22-18(17)7-5-11-24-22)23(27)19-6-3-4-8-20(19)26-12-14-29-15-13-26/h3-11H,12-16H2,1-2H3. The summed E-state index contributed by atoms with van der Waals surface area (Å²) in [7, 11) is 3.48. The van der Waals surface area contributed by atoms with E-state index in [2.05, 4.69) is 9.88 Å². The van der Waals surface area contributed by atoms with Crippen molar-refractivity contribution < 1.29 is 14.3 Å². The van der Waals surface area contributed by atoms with E-state index < -0.39 is 0 Å². The monoisotopic (exact) mass is 391 g/mol. The molecule has 0 aliphatic carbocycles. The first-order valence-electron chi connectivity index (χ1n) is 9.77. The molecular formula is C23H25N3O3. The number of rotatable bonds is 5. The van der Waals surface area contributed by atoms with Crippen LogP contribution in [0.4, 0.5) is 5.69 Å². The molecule has 2 heterocycles. The summed E-state index contributed by atoms with van der Waals surface area (Å²) in [5.74, 6) is 0.732. The number of hydrogen-bond donors (Lipinski definition) is 0. The smallest absolute Gasteiger partial charge is 0.256 e. The number of para-hydroxylation sites is 1. The van der Waals surface area contributed by atoms with Gasteiger partial charge in [-0.25, -0.2) is 0 Å². The third kappa shape index (κ3) is 3.89. The minimum absolute atomic E-state index is 0.0000461. The number of anilines is 1. The zero-order valence-electron chi connectivity index (χ0n) is 16.8. The number of nitrogens with zero attached hydrogens (tertiary/aromatic N) is 3. The number of morpholine rings is 1. The minimum atomic E-state index is -0.0000461. The van der Waals surface area contributed by atoms with Gasteiger partial charge in [-0.3, -0.25) is 9.78 Å². The first-order valence-corrected chi connectivity index (χ1v) is 9.77. The van der Waals surface area contributed by atoms with Crippen LogP contribution in [0.3, 0.4) is 0 Å². The Labute approximate surface area is 170 Å². The van der Waals surface area contributed by atoms with Gasteiger partial charge in [0, 0.05) is 44.0 Å². The number of hydrogen-bond acceptors (Lipinski definition) is 5. The average Bonchev–Trinajstić information content (AvgIpc) is 2.79. The van der Waals surface area contributed by atoms with Crippen LogP contribution in [0.25, 0.3) is 10.9 Å². The third-order valence-electron chi connectivity index (χ3n) is 5.28. The second-order valence-corrected chi connectivity index (χ2v) is 7.10. The Hall–Kier alpha value is -3.12. The number of pyridine rings is 1. The van der Waals surface area contributed by atoms with Crippen LogP contribution < -0.4 is 9.64 Å². The van der Waals surface area contributed by atoms with Crippen LogP contribution in [0.15, 0.2) is 54.7 Å². The molecule has 0 spiro atoms. The number of ether oxygens (including phenoxy) is 2. The summed E-state index contributed by atoms with van der Waals surface area (Å²) in [6.07, 6.45) is 1.75. The predicted octanol–water partition coefficient (Wildman–Crippen LogP) is 3.35. The van der Waals surface area contributed by atoms with E-state index in [1.54, 1.807) is 18.2 Å². The molecule has 29 heavy (non-hydrogen) atoms. The van der Waals surface area contributed by atoms with Gasteiger partial charge in [0.15, 0.2) is 0 Å². The van der Waals surface area contributed by atoms with Gasteiger partial charge in [0.25, 0.3) is 5.91 Å². The molecule has 4 rings (SSSR count). The van der Waals surface area contributed by atoms with E-state index in [-0.39, 0.29) is 5.91 Å². The highest BCUT2D eigenvalue weighted by molar-refractivity contribution is 6.00. The van der Waals surface area contributed by atoms with Gasteiger partial charge in [0.05, 0.1) is 25.9 Å². The normalized spacial score (nSPS) is 14.1. The quantitative estimate of drug-likeness (QED) is 0.668. The second kappa shape index (κ2) is 8.49. The molecule has 1 fully saturated rings. The lowest BCUT2D eigenvalue weighted by Gasteiger charge is -2.31. The van der Waals surface area contributed by atoms with Crippen LogP contribution >= 0.6 is 0 Å². The van der Waals surface area contributed by atoms with Gasteiger partial charge >= 0.3 is 0 Å². The number of aromatic nitrogens is 1. The Balaban J connectivity index is 1.61. The molecule has 1 aliphatic rings.